The molecule has 2 rings (SSSR count). The van der Waals surface area contributed by atoms with Gasteiger partial charge in [0.15, 0.2) is 0 Å². The van der Waals surface area contributed by atoms with Crippen LogP contribution in [-0.4, -0.2) is 50.0 Å². The predicted molar refractivity (Wildman–Crippen MR) is 133 cm³/mol. The molecule has 0 saturated carbocycles. The minimum Gasteiger partial charge on any atom is -0.352 e. The van der Waals surface area contributed by atoms with Gasteiger partial charge >= 0.3 is 0 Å². The summed E-state index contributed by atoms with van der Waals surface area (Å²) < 4.78 is 26.4. The number of hydrogen-bond acceptors (Lipinski definition) is 4. The Morgan fingerprint density at radius 1 is 1.03 bits per heavy atom. The second-order valence-corrected chi connectivity index (χ2v) is 10.8. The molecule has 2 aromatic rings. The molecule has 2 amide bonds. The molecule has 0 aliphatic rings. The van der Waals surface area contributed by atoms with Gasteiger partial charge in [0, 0.05) is 17.6 Å². The van der Waals surface area contributed by atoms with Crippen molar-refractivity contribution in [3.8, 4) is 0 Å². The predicted octanol–water partition coefficient (Wildman–Crippen LogP) is 3.66. The summed E-state index contributed by atoms with van der Waals surface area (Å²) >= 11 is 5.98. The van der Waals surface area contributed by atoms with E-state index in [4.69, 9.17) is 11.6 Å². The topological polar surface area (TPSA) is 86.8 Å². The molecule has 0 saturated heterocycles. The average molecular weight is 494 g/mol. The van der Waals surface area contributed by atoms with Crippen LogP contribution in [-0.2, 0) is 26.2 Å². The molecule has 1 atom stereocenters. The highest BCUT2D eigenvalue weighted by Crippen LogP contribution is 2.25. The van der Waals surface area contributed by atoms with Crippen LogP contribution in [0.3, 0.4) is 0 Å². The highest BCUT2D eigenvalue weighted by atomic mass is 35.5. The number of hydrogen-bond donors (Lipinski definition) is 1. The number of halogens is 1. The Kier molecular flexibility index (Phi) is 8.91. The average Bonchev–Trinajstić information content (AvgIpc) is 2.72. The van der Waals surface area contributed by atoms with Gasteiger partial charge in [0.1, 0.15) is 12.6 Å². The van der Waals surface area contributed by atoms with Gasteiger partial charge in [0.05, 0.1) is 11.9 Å². The Bertz CT molecular complexity index is 1100. The third-order valence-corrected chi connectivity index (χ3v) is 6.77. The summed E-state index contributed by atoms with van der Waals surface area (Å²) in [5.74, 6) is -0.798. The first kappa shape index (κ1) is 26.7. The fraction of sp³-hybridized carbons (Fsp3) is 0.417. The van der Waals surface area contributed by atoms with Crippen molar-refractivity contribution in [3.63, 3.8) is 0 Å². The van der Waals surface area contributed by atoms with Crippen LogP contribution in [0, 0.1) is 13.8 Å². The maximum absolute atomic E-state index is 13.5. The van der Waals surface area contributed by atoms with Crippen LogP contribution in [0.4, 0.5) is 5.69 Å². The molecule has 0 aliphatic heterocycles. The van der Waals surface area contributed by atoms with Crippen LogP contribution in [0.5, 0.6) is 0 Å². The largest absolute Gasteiger partial charge is 0.352 e. The van der Waals surface area contributed by atoms with E-state index in [0.29, 0.717) is 10.7 Å². The van der Waals surface area contributed by atoms with E-state index in [1.54, 1.807) is 43.3 Å². The Hall–Kier alpha value is -2.58. The summed E-state index contributed by atoms with van der Waals surface area (Å²) in [4.78, 5) is 27.6. The molecule has 180 valence electrons. The zero-order valence-electron chi connectivity index (χ0n) is 19.9. The first-order valence-electron chi connectivity index (χ1n) is 10.7. The number of nitrogens with one attached hydrogen (secondary N) is 1. The normalized spacial score (nSPS) is 12.4. The third kappa shape index (κ3) is 7.20. The van der Waals surface area contributed by atoms with Crippen LogP contribution < -0.4 is 9.62 Å². The van der Waals surface area contributed by atoms with Crippen LogP contribution in [0.1, 0.15) is 37.5 Å². The highest BCUT2D eigenvalue weighted by Gasteiger charge is 2.30. The number of benzene rings is 2. The Morgan fingerprint density at radius 2 is 1.64 bits per heavy atom. The lowest BCUT2D eigenvalue weighted by molar-refractivity contribution is -0.139. The summed E-state index contributed by atoms with van der Waals surface area (Å²) in [6, 6.07) is 11.4. The van der Waals surface area contributed by atoms with Crippen molar-refractivity contribution in [3.05, 3.63) is 64.2 Å². The number of aryl methyl sites for hydroxylation is 1. The lowest BCUT2D eigenvalue weighted by atomic mass is 10.1. The smallest absolute Gasteiger partial charge is 0.244 e. The van der Waals surface area contributed by atoms with E-state index in [1.807, 2.05) is 33.8 Å². The van der Waals surface area contributed by atoms with Crippen molar-refractivity contribution in [1.29, 1.82) is 0 Å². The van der Waals surface area contributed by atoms with E-state index in [0.717, 1.165) is 27.3 Å². The first-order chi connectivity index (χ1) is 15.3. The van der Waals surface area contributed by atoms with E-state index in [-0.39, 0.29) is 18.5 Å². The van der Waals surface area contributed by atoms with E-state index >= 15 is 0 Å². The second-order valence-electron chi connectivity index (χ2n) is 8.48. The molecule has 0 heterocycles. The highest BCUT2D eigenvalue weighted by molar-refractivity contribution is 7.92. The molecule has 0 radical (unpaired) electrons. The van der Waals surface area contributed by atoms with Gasteiger partial charge in [0.25, 0.3) is 0 Å². The zero-order chi connectivity index (χ0) is 24.9. The fourth-order valence-corrected chi connectivity index (χ4v) is 4.40. The molecule has 0 aromatic heterocycles. The van der Waals surface area contributed by atoms with E-state index in [2.05, 4.69) is 5.32 Å². The first-order valence-corrected chi connectivity index (χ1v) is 12.9. The summed E-state index contributed by atoms with van der Waals surface area (Å²) in [6.07, 6.45) is 1.07. The standard InChI is InChI=1S/C24H32ClN3O4S/c1-16(2)26-24(30)19(5)27(14-20-10-12-21(25)13-11-20)23(29)15-28(33(6,31)32)22-9-7-8-17(3)18(22)4/h7-13,16,19H,14-15H2,1-6H3,(H,26,30). The van der Waals surface area contributed by atoms with Crippen molar-refractivity contribution in [2.24, 2.45) is 0 Å². The van der Waals surface area contributed by atoms with Gasteiger partial charge in [-0.2, -0.15) is 0 Å². The molecular formula is C24H32ClN3O4S. The SMILES string of the molecule is Cc1cccc(N(CC(=O)N(Cc2ccc(Cl)cc2)C(C)C(=O)NC(C)C)S(C)(=O)=O)c1C. The maximum atomic E-state index is 13.5. The van der Waals surface area contributed by atoms with Crippen LogP contribution >= 0.6 is 11.6 Å². The van der Waals surface area contributed by atoms with E-state index in [1.165, 1.54) is 4.90 Å². The number of rotatable bonds is 9. The summed E-state index contributed by atoms with van der Waals surface area (Å²) in [7, 11) is -3.76. The van der Waals surface area contributed by atoms with Crippen molar-refractivity contribution >= 4 is 39.1 Å². The lowest BCUT2D eigenvalue weighted by Crippen LogP contribution is -2.52. The van der Waals surface area contributed by atoms with Crippen molar-refractivity contribution in [2.75, 3.05) is 17.1 Å². The van der Waals surface area contributed by atoms with Crippen molar-refractivity contribution in [1.82, 2.24) is 10.2 Å². The molecular weight excluding hydrogens is 462 g/mol. The van der Waals surface area contributed by atoms with Gasteiger partial charge in [-0.1, -0.05) is 35.9 Å². The summed E-state index contributed by atoms with van der Waals surface area (Å²) in [6.45, 7) is 8.71. The quantitative estimate of drug-likeness (QED) is 0.577. The number of amides is 2. The second kappa shape index (κ2) is 11.0. The number of anilines is 1. The van der Waals surface area contributed by atoms with Gasteiger partial charge in [-0.15, -0.1) is 0 Å². The molecule has 0 aliphatic carbocycles. The van der Waals surface area contributed by atoms with Crippen LogP contribution in [0.25, 0.3) is 0 Å². The maximum Gasteiger partial charge on any atom is 0.244 e. The van der Waals surface area contributed by atoms with Crippen LogP contribution in [0.15, 0.2) is 42.5 Å². The molecule has 9 heteroatoms. The Labute approximate surface area is 201 Å². The molecule has 7 nitrogen and oxygen atoms in total. The minimum absolute atomic E-state index is 0.102. The lowest BCUT2D eigenvalue weighted by Gasteiger charge is -2.32. The van der Waals surface area contributed by atoms with Crippen molar-refractivity contribution in [2.45, 2.75) is 53.2 Å². The monoisotopic (exact) mass is 493 g/mol. The van der Waals surface area contributed by atoms with E-state index < -0.39 is 28.5 Å². The number of nitrogens with zero attached hydrogens (tertiary/aromatic N) is 2. The van der Waals surface area contributed by atoms with Crippen molar-refractivity contribution < 1.29 is 18.0 Å². The molecule has 2 aromatic carbocycles. The third-order valence-electron chi connectivity index (χ3n) is 5.39. The molecule has 0 fully saturated rings. The Balaban J connectivity index is 2.43. The molecule has 0 bridgehead atoms. The van der Waals surface area contributed by atoms with Crippen LogP contribution in [0.2, 0.25) is 5.02 Å². The summed E-state index contributed by atoms with van der Waals surface area (Å²) in [5, 5.41) is 3.37. The number of sulfonamides is 1. The van der Waals surface area contributed by atoms with Gasteiger partial charge in [-0.05, 0) is 69.5 Å². The molecule has 33 heavy (non-hydrogen) atoms. The zero-order valence-corrected chi connectivity index (χ0v) is 21.5. The number of carbonyl (C=O) groups excluding carboxylic acids is 2. The molecule has 0 spiro atoms. The van der Waals surface area contributed by atoms with Gasteiger partial charge in [-0.25, -0.2) is 8.42 Å². The fourth-order valence-electron chi connectivity index (χ4n) is 3.37. The van der Waals surface area contributed by atoms with Gasteiger partial charge in [0.2, 0.25) is 21.8 Å². The summed E-state index contributed by atoms with van der Waals surface area (Å²) in [5.41, 5.74) is 2.90. The van der Waals surface area contributed by atoms with Gasteiger partial charge in [-0.3, -0.25) is 13.9 Å². The Morgan fingerprint density at radius 3 is 2.18 bits per heavy atom. The van der Waals surface area contributed by atoms with E-state index in [9.17, 15) is 18.0 Å². The minimum atomic E-state index is -3.76. The number of carbonyl (C=O) groups is 2. The molecule has 1 unspecified atom stereocenters. The van der Waals surface area contributed by atoms with Gasteiger partial charge < -0.3 is 10.2 Å². The molecule has 1 N–H and O–H groups in total.